The van der Waals surface area contributed by atoms with Crippen LogP contribution in [0.1, 0.15) is 51.9 Å². The molecule has 1 heterocycles. The molecule has 4 atom stereocenters. The zero-order valence-corrected chi connectivity index (χ0v) is 10.6. The number of ether oxygens (including phenoxy) is 2. The van der Waals surface area contributed by atoms with Gasteiger partial charge in [0, 0.05) is 0 Å². The molecule has 0 aromatic rings. The standard InChI is InChI=1S/C14H22O3/c1-9-7-12-13(17-12)8-11(9)14(15)16-10-5-3-2-4-6-10/h9-13H,2-8H2,1H3. The number of rotatable bonds is 2. The molecule has 0 bridgehead atoms. The van der Waals surface area contributed by atoms with Crippen LogP contribution in [0.5, 0.6) is 0 Å². The lowest BCUT2D eigenvalue weighted by molar-refractivity contribution is -0.158. The largest absolute Gasteiger partial charge is 0.462 e. The third kappa shape index (κ3) is 2.49. The van der Waals surface area contributed by atoms with E-state index in [0.29, 0.717) is 18.1 Å². The van der Waals surface area contributed by atoms with Gasteiger partial charge in [0.25, 0.3) is 0 Å². The van der Waals surface area contributed by atoms with Crippen LogP contribution in [0.15, 0.2) is 0 Å². The van der Waals surface area contributed by atoms with Crippen LogP contribution >= 0.6 is 0 Å². The van der Waals surface area contributed by atoms with E-state index in [1.54, 1.807) is 0 Å². The Kier molecular flexibility index (Phi) is 3.12. The van der Waals surface area contributed by atoms with Crippen LogP contribution in [0.3, 0.4) is 0 Å². The quantitative estimate of drug-likeness (QED) is 0.548. The van der Waals surface area contributed by atoms with E-state index in [-0.39, 0.29) is 18.0 Å². The molecule has 96 valence electrons. The van der Waals surface area contributed by atoms with Crippen molar-refractivity contribution < 1.29 is 14.3 Å². The van der Waals surface area contributed by atoms with Crippen molar-refractivity contribution in [2.75, 3.05) is 0 Å². The van der Waals surface area contributed by atoms with Gasteiger partial charge in [0.1, 0.15) is 6.10 Å². The van der Waals surface area contributed by atoms with Gasteiger partial charge in [-0.2, -0.15) is 0 Å². The van der Waals surface area contributed by atoms with Gasteiger partial charge < -0.3 is 9.47 Å². The van der Waals surface area contributed by atoms with Crippen molar-refractivity contribution in [2.24, 2.45) is 11.8 Å². The third-order valence-corrected chi connectivity index (χ3v) is 4.60. The van der Waals surface area contributed by atoms with Crippen molar-refractivity contribution in [1.82, 2.24) is 0 Å². The predicted molar refractivity (Wildman–Crippen MR) is 63.5 cm³/mol. The number of epoxide rings is 1. The first-order chi connectivity index (χ1) is 8.24. The maximum absolute atomic E-state index is 12.2. The van der Waals surface area contributed by atoms with Crippen molar-refractivity contribution in [3.05, 3.63) is 0 Å². The summed E-state index contributed by atoms with van der Waals surface area (Å²) >= 11 is 0. The monoisotopic (exact) mass is 238 g/mol. The summed E-state index contributed by atoms with van der Waals surface area (Å²) in [7, 11) is 0. The summed E-state index contributed by atoms with van der Waals surface area (Å²) in [4.78, 5) is 12.2. The van der Waals surface area contributed by atoms with E-state index in [1.807, 2.05) is 0 Å². The van der Waals surface area contributed by atoms with E-state index in [4.69, 9.17) is 9.47 Å². The van der Waals surface area contributed by atoms with Gasteiger partial charge in [-0.1, -0.05) is 13.3 Å². The summed E-state index contributed by atoms with van der Waals surface area (Å²) in [5.41, 5.74) is 0. The molecule has 3 heteroatoms. The summed E-state index contributed by atoms with van der Waals surface area (Å²) in [5, 5.41) is 0. The van der Waals surface area contributed by atoms with Gasteiger partial charge in [-0.15, -0.1) is 0 Å². The lowest BCUT2D eigenvalue weighted by Gasteiger charge is -2.28. The molecular formula is C14H22O3. The van der Waals surface area contributed by atoms with E-state index in [9.17, 15) is 4.79 Å². The van der Waals surface area contributed by atoms with E-state index in [1.165, 1.54) is 19.3 Å². The number of fused-ring (bicyclic) bond motifs is 1. The lowest BCUT2D eigenvalue weighted by Crippen LogP contribution is -2.33. The van der Waals surface area contributed by atoms with E-state index in [0.717, 1.165) is 25.7 Å². The summed E-state index contributed by atoms with van der Waals surface area (Å²) in [6, 6.07) is 0. The Bertz CT molecular complexity index is 296. The molecule has 3 nitrogen and oxygen atoms in total. The molecule has 3 rings (SSSR count). The highest BCUT2D eigenvalue weighted by Crippen LogP contribution is 2.43. The highest BCUT2D eigenvalue weighted by atomic mass is 16.6. The van der Waals surface area contributed by atoms with Gasteiger partial charge in [-0.05, 0) is 44.4 Å². The van der Waals surface area contributed by atoms with Crippen molar-refractivity contribution in [3.8, 4) is 0 Å². The molecule has 1 aliphatic heterocycles. The number of hydrogen-bond acceptors (Lipinski definition) is 3. The fourth-order valence-corrected chi connectivity index (χ4v) is 3.37. The molecule has 0 spiro atoms. The molecule has 2 saturated carbocycles. The molecule has 4 unspecified atom stereocenters. The molecule has 3 aliphatic rings. The Labute approximate surface area is 103 Å². The zero-order valence-electron chi connectivity index (χ0n) is 10.6. The van der Waals surface area contributed by atoms with Crippen molar-refractivity contribution in [1.29, 1.82) is 0 Å². The summed E-state index contributed by atoms with van der Waals surface area (Å²) in [6.45, 7) is 2.16. The van der Waals surface area contributed by atoms with Gasteiger partial charge in [0.05, 0.1) is 18.1 Å². The normalized spacial score (nSPS) is 41.7. The van der Waals surface area contributed by atoms with Crippen LogP contribution < -0.4 is 0 Å². The first kappa shape index (κ1) is 11.5. The molecule has 2 aliphatic carbocycles. The average Bonchev–Trinajstić information content (AvgIpc) is 3.07. The van der Waals surface area contributed by atoms with Crippen LogP contribution in [0.25, 0.3) is 0 Å². The van der Waals surface area contributed by atoms with Gasteiger partial charge in [0.15, 0.2) is 0 Å². The highest BCUT2D eigenvalue weighted by Gasteiger charge is 2.49. The second-order valence-electron chi connectivity index (χ2n) is 5.97. The van der Waals surface area contributed by atoms with Gasteiger partial charge in [-0.25, -0.2) is 0 Å². The van der Waals surface area contributed by atoms with Crippen LogP contribution in [0.2, 0.25) is 0 Å². The molecule has 0 N–H and O–H groups in total. The zero-order chi connectivity index (χ0) is 11.8. The topological polar surface area (TPSA) is 38.8 Å². The molecule has 0 aromatic heterocycles. The maximum Gasteiger partial charge on any atom is 0.309 e. The molecule has 3 fully saturated rings. The van der Waals surface area contributed by atoms with Crippen molar-refractivity contribution in [2.45, 2.75) is 70.2 Å². The fraction of sp³-hybridized carbons (Fsp3) is 0.929. The summed E-state index contributed by atoms with van der Waals surface area (Å²) in [5.74, 6) is 0.550. The number of esters is 1. The highest BCUT2D eigenvalue weighted by molar-refractivity contribution is 5.73. The van der Waals surface area contributed by atoms with Crippen LogP contribution in [-0.2, 0) is 14.3 Å². The van der Waals surface area contributed by atoms with Crippen LogP contribution in [0, 0.1) is 11.8 Å². The summed E-state index contributed by atoms with van der Waals surface area (Å²) in [6.07, 6.45) is 8.78. The molecule has 0 aromatic carbocycles. The smallest absolute Gasteiger partial charge is 0.309 e. The number of hydrogen-bond donors (Lipinski definition) is 0. The van der Waals surface area contributed by atoms with Gasteiger partial charge in [0.2, 0.25) is 0 Å². The first-order valence-corrected chi connectivity index (χ1v) is 7.10. The molecule has 1 saturated heterocycles. The Morgan fingerprint density at radius 2 is 1.82 bits per heavy atom. The first-order valence-electron chi connectivity index (χ1n) is 7.10. The minimum absolute atomic E-state index is 0.0401. The van der Waals surface area contributed by atoms with E-state index >= 15 is 0 Å². The predicted octanol–water partition coefficient (Wildman–Crippen LogP) is 2.68. The lowest BCUT2D eigenvalue weighted by atomic mass is 9.80. The second kappa shape index (κ2) is 4.60. The number of carbonyl (C=O) groups is 1. The van der Waals surface area contributed by atoms with E-state index < -0.39 is 0 Å². The van der Waals surface area contributed by atoms with Crippen molar-refractivity contribution in [3.63, 3.8) is 0 Å². The van der Waals surface area contributed by atoms with Crippen LogP contribution in [0.4, 0.5) is 0 Å². The molecule has 0 amide bonds. The minimum Gasteiger partial charge on any atom is -0.462 e. The Morgan fingerprint density at radius 1 is 1.12 bits per heavy atom. The number of carbonyl (C=O) groups excluding carboxylic acids is 1. The summed E-state index contributed by atoms with van der Waals surface area (Å²) < 4.78 is 11.2. The average molecular weight is 238 g/mol. The van der Waals surface area contributed by atoms with Crippen molar-refractivity contribution >= 4 is 5.97 Å². The Morgan fingerprint density at radius 3 is 2.59 bits per heavy atom. The maximum atomic E-state index is 12.2. The van der Waals surface area contributed by atoms with Gasteiger partial charge >= 0.3 is 5.97 Å². The minimum atomic E-state index is 0.0401. The SMILES string of the molecule is CC1CC2OC2CC1C(=O)OC1CCCCC1. The third-order valence-electron chi connectivity index (χ3n) is 4.60. The van der Waals surface area contributed by atoms with E-state index in [2.05, 4.69) is 6.92 Å². The fourth-order valence-electron chi connectivity index (χ4n) is 3.37. The Hall–Kier alpha value is -0.570. The van der Waals surface area contributed by atoms with Crippen LogP contribution in [-0.4, -0.2) is 24.3 Å². The Balaban J connectivity index is 1.53. The molecule has 17 heavy (non-hydrogen) atoms. The molecule has 0 radical (unpaired) electrons. The second-order valence-corrected chi connectivity index (χ2v) is 5.97. The molecular weight excluding hydrogens is 216 g/mol. The van der Waals surface area contributed by atoms with Gasteiger partial charge in [-0.3, -0.25) is 4.79 Å².